The highest BCUT2D eigenvalue weighted by molar-refractivity contribution is 14.0. The first-order valence-corrected chi connectivity index (χ1v) is 10.0. The number of fused-ring (bicyclic) bond motifs is 1. The first-order chi connectivity index (χ1) is 11.5. The van der Waals surface area contributed by atoms with Crippen LogP contribution < -0.4 is 20.5 Å². The van der Waals surface area contributed by atoms with Crippen LogP contribution >= 0.6 is 24.0 Å². The second-order valence-electron chi connectivity index (χ2n) is 6.19. The zero-order valence-corrected chi connectivity index (χ0v) is 17.1. The van der Waals surface area contributed by atoms with Gasteiger partial charge in [-0.2, -0.15) is 0 Å². The lowest BCUT2D eigenvalue weighted by atomic mass is 10.1. The molecule has 140 valence electrons. The van der Waals surface area contributed by atoms with E-state index >= 15 is 0 Å². The van der Waals surface area contributed by atoms with Crippen LogP contribution in [0.15, 0.2) is 23.2 Å². The molecule has 9 heteroatoms. The Kier molecular flexibility index (Phi) is 7.17. The zero-order chi connectivity index (χ0) is 17.0. The van der Waals surface area contributed by atoms with Crippen molar-refractivity contribution in [2.75, 3.05) is 36.6 Å². The number of benzene rings is 1. The first kappa shape index (κ1) is 20.1. The fourth-order valence-corrected chi connectivity index (χ4v) is 4.68. The minimum Gasteiger partial charge on any atom is -0.490 e. The van der Waals surface area contributed by atoms with Crippen molar-refractivity contribution in [3.63, 3.8) is 0 Å². The number of nitrogens with zero attached hydrogens (tertiary/aromatic N) is 1. The van der Waals surface area contributed by atoms with Gasteiger partial charge in [0.1, 0.15) is 0 Å². The molecule has 0 aliphatic carbocycles. The lowest BCUT2D eigenvalue weighted by molar-refractivity contribution is 0.297. The van der Waals surface area contributed by atoms with E-state index in [9.17, 15) is 8.42 Å². The Morgan fingerprint density at radius 3 is 2.76 bits per heavy atom. The summed E-state index contributed by atoms with van der Waals surface area (Å²) in [5, 5.41) is 3.02. The fraction of sp³-hybridized carbons (Fsp3) is 0.562. The van der Waals surface area contributed by atoms with E-state index in [1.54, 1.807) is 0 Å². The van der Waals surface area contributed by atoms with Crippen LogP contribution in [0.5, 0.6) is 11.5 Å². The molecule has 3 N–H and O–H groups in total. The molecule has 2 aliphatic heterocycles. The van der Waals surface area contributed by atoms with Gasteiger partial charge in [0.25, 0.3) is 0 Å². The molecular formula is C16H24IN3O4S. The minimum atomic E-state index is -2.91. The van der Waals surface area contributed by atoms with E-state index in [1.165, 1.54) is 0 Å². The Morgan fingerprint density at radius 1 is 1.24 bits per heavy atom. The predicted molar refractivity (Wildman–Crippen MR) is 109 cm³/mol. The summed E-state index contributed by atoms with van der Waals surface area (Å²) in [5.41, 5.74) is 6.68. The zero-order valence-electron chi connectivity index (χ0n) is 13.9. The summed E-state index contributed by atoms with van der Waals surface area (Å²) in [6.45, 7) is 1.69. The van der Waals surface area contributed by atoms with Crippen LogP contribution in [0.3, 0.4) is 0 Å². The molecule has 0 spiro atoms. The van der Waals surface area contributed by atoms with E-state index in [1.807, 2.05) is 18.2 Å². The SMILES string of the molecule is I.NC(=NCC1CCCS(=O)(=O)C1)Nc1ccc2c(c1)OCCCO2. The molecule has 2 heterocycles. The standard InChI is InChI=1S/C16H23N3O4S.HI/c17-16(18-10-12-3-1-8-24(20,21)11-12)19-13-4-5-14-15(9-13)23-7-2-6-22-14;/h4-5,9,12H,1-3,6-8,10-11H2,(H3,17,18,19);1H. The molecular weight excluding hydrogens is 457 g/mol. The Labute approximate surface area is 165 Å². The molecule has 2 aliphatic rings. The fourth-order valence-electron chi connectivity index (χ4n) is 2.92. The van der Waals surface area contributed by atoms with Crippen molar-refractivity contribution >= 4 is 45.5 Å². The summed E-state index contributed by atoms with van der Waals surface area (Å²) < 4.78 is 34.5. The summed E-state index contributed by atoms with van der Waals surface area (Å²) in [6, 6.07) is 5.51. The third kappa shape index (κ3) is 5.91. The number of rotatable bonds is 3. The number of ether oxygens (including phenoxy) is 2. The Morgan fingerprint density at radius 2 is 2.00 bits per heavy atom. The summed E-state index contributed by atoms with van der Waals surface area (Å²) in [4.78, 5) is 4.29. The number of aliphatic imine (C=N–C) groups is 1. The molecule has 1 fully saturated rings. The normalized spacial score (nSPS) is 22.4. The van der Waals surface area contributed by atoms with Crippen LogP contribution in [0.1, 0.15) is 19.3 Å². The van der Waals surface area contributed by atoms with Crippen molar-refractivity contribution in [2.45, 2.75) is 19.3 Å². The van der Waals surface area contributed by atoms with Gasteiger partial charge in [-0.3, -0.25) is 4.99 Å². The van der Waals surface area contributed by atoms with Gasteiger partial charge in [0.05, 0.1) is 24.7 Å². The third-order valence-corrected chi connectivity index (χ3v) is 5.99. The van der Waals surface area contributed by atoms with Crippen molar-refractivity contribution < 1.29 is 17.9 Å². The topological polar surface area (TPSA) is 103 Å². The van der Waals surface area contributed by atoms with Gasteiger partial charge in [0, 0.05) is 24.7 Å². The van der Waals surface area contributed by atoms with Crippen LogP contribution in [0, 0.1) is 5.92 Å². The molecule has 0 saturated carbocycles. The van der Waals surface area contributed by atoms with Gasteiger partial charge in [-0.15, -0.1) is 24.0 Å². The van der Waals surface area contributed by atoms with Crippen molar-refractivity contribution in [3.8, 4) is 11.5 Å². The largest absolute Gasteiger partial charge is 0.490 e. The predicted octanol–water partition coefficient (Wildman–Crippen LogP) is 2.02. The molecule has 1 aromatic rings. The molecule has 0 amide bonds. The highest BCUT2D eigenvalue weighted by Crippen LogP contribution is 2.32. The van der Waals surface area contributed by atoms with Crippen LogP contribution in [0.4, 0.5) is 5.69 Å². The Bertz CT molecular complexity index is 724. The van der Waals surface area contributed by atoms with E-state index in [-0.39, 0.29) is 47.4 Å². The lowest BCUT2D eigenvalue weighted by Crippen LogP contribution is -2.29. The summed E-state index contributed by atoms with van der Waals surface area (Å²) >= 11 is 0. The van der Waals surface area contributed by atoms with Gasteiger partial charge in [0.2, 0.25) is 0 Å². The van der Waals surface area contributed by atoms with Gasteiger partial charge < -0.3 is 20.5 Å². The molecule has 1 saturated heterocycles. The highest BCUT2D eigenvalue weighted by atomic mass is 127. The van der Waals surface area contributed by atoms with Crippen molar-refractivity contribution in [1.29, 1.82) is 0 Å². The molecule has 0 aromatic heterocycles. The number of sulfone groups is 1. The molecule has 3 rings (SSSR count). The number of nitrogens with two attached hydrogens (primary N) is 1. The third-order valence-electron chi connectivity index (χ3n) is 4.10. The summed E-state index contributed by atoms with van der Waals surface area (Å²) in [7, 11) is -2.91. The van der Waals surface area contributed by atoms with E-state index < -0.39 is 9.84 Å². The smallest absolute Gasteiger partial charge is 0.193 e. The molecule has 0 radical (unpaired) electrons. The van der Waals surface area contributed by atoms with Crippen molar-refractivity contribution in [1.82, 2.24) is 0 Å². The average Bonchev–Trinajstić information content (AvgIpc) is 2.77. The molecule has 1 unspecified atom stereocenters. The van der Waals surface area contributed by atoms with Crippen LogP contribution in [-0.4, -0.2) is 45.6 Å². The Hall–Kier alpha value is -1.23. The van der Waals surface area contributed by atoms with E-state index in [0.29, 0.717) is 31.9 Å². The highest BCUT2D eigenvalue weighted by Gasteiger charge is 2.24. The van der Waals surface area contributed by atoms with E-state index in [4.69, 9.17) is 15.2 Å². The van der Waals surface area contributed by atoms with Gasteiger partial charge in [-0.05, 0) is 30.9 Å². The lowest BCUT2D eigenvalue weighted by Gasteiger charge is -2.20. The molecule has 25 heavy (non-hydrogen) atoms. The number of hydrogen-bond donors (Lipinski definition) is 2. The first-order valence-electron chi connectivity index (χ1n) is 8.19. The summed E-state index contributed by atoms with van der Waals surface area (Å²) in [5.74, 6) is 2.22. The average molecular weight is 481 g/mol. The second kappa shape index (κ2) is 8.93. The number of halogens is 1. The van der Waals surface area contributed by atoms with E-state index in [0.717, 1.165) is 24.3 Å². The van der Waals surface area contributed by atoms with Gasteiger partial charge in [0.15, 0.2) is 27.3 Å². The van der Waals surface area contributed by atoms with Crippen LogP contribution in [-0.2, 0) is 9.84 Å². The van der Waals surface area contributed by atoms with Crippen molar-refractivity contribution in [2.24, 2.45) is 16.6 Å². The molecule has 1 atom stereocenters. The second-order valence-corrected chi connectivity index (χ2v) is 8.41. The number of guanidine groups is 1. The number of hydrogen-bond acceptors (Lipinski definition) is 5. The monoisotopic (exact) mass is 481 g/mol. The van der Waals surface area contributed by atoms with Crippen LogP contribution in [0.2, 0.25) is 0 Å². The molecule has 0 bridgehead atoms. The van der Waals surface area contributed by atoms with Gasteiger partial charge >= 0.3 is 0 Å². The van der Waals surface area contributed by atoms with Crippen LogP contribution in [0.25, 0.3) is 0 Å². The molecule has 7 nitrogen and oxygen atoms in total. The van der Waals surface area contributed by atoms with Crippen molar-refractivity contribution in [3.05, 3.63) is 18.2 Å². The maximum atomic E-state index is 11.6. The number of nitrogens with one attached hydrogen (secondary N) is 1. The molecule has 1 aromatic carbocycles. The Balaban J connectivity index is 0.00000225. The quantitative estimate of drug-likeness (QED) is 0.389. The van der Waals surface area contributed by atoms with E-state index in [2.05, 4.69) is 10.3 Å². The maximum absolute atomic E-state index is 11.6. The van der Waals surface area contributed by atoms with Gasteiger partial charge in [-0.1, -0.05) is 0 Å². The number of anilines is 1. The maximum Gasteiger partial charge on any atom is 0.193 e. The summed E-state index contributed by atoms with van der Waals surface area (Å²) in [6.07, 6.45) is 2.43. The minimum absolute atomic E-state index is 0. The van der Waals surface area contributed by atoms with Gasteiger partial charge in [-0.25, -0.2) is 8.42 Å².